The Morgan fingerprint density at radius 2 is 2.30 bits per heavy atom. The molecule has 2 rings (SSSR count). The molecular weight excluding hydrogens is 126 g/mol. The van der Waals surface area contributed by atoms with Gasteiger partial charge in [-0.1, -0.05) is 6.58 Å². The number of H-pyrrole nitrogens is 1. The lowest BCUT2D eigenvalue weighted by molar-refractivity contribution is 0.427. The number of aromatic nitrogens is 1. The van der Waals surface area contributed by atoms with Gasteiger partial charge in [-0.25, -0.2) is 0 Å². The topological polar surface area (TPSA) is 25.0 Å². The Balaban J connectivity index is 2.52. The molecule has 1 aromatic heterocycles. The number of hydrogen-bond acceptors (Lipinski definition) is 1. The van der Waals surface area contributed by atoms with E-state index in [0.717, 1.165) is 11.4 Å². The summed E-state index contributed by atoms with van der Waals surface area (Å²) in [5.74, 6) is 1.46. The first-order chi connectivity index (χ1) is 4.86. The molecule has 0 spiro atoms. The number of fused-ring (bicyclic) bond motifs is 1. The highest BCUT2D eigenvalue weighted by Crippen LogP contribution is 2.24. The molecule has 10 heavy (non-hydrogen) atoms. The van der Waals surface area contributed by atoms with Gasteiger partial charge in [0.25, 0.3) is 0 Å². The first-order valence-corrected chi connectivity index (χ1v) is 3.08. The standard InChI is InChI=1S/C8H7NO/c1-6-2-3-7-4-5-9-8(7)10-6/h2-5,9H,1H2. The lowest BCUT2D eigenvalue weighted by Crippen LogP contribution is -1.95. The molecule has 1 aromatic rings. The Labute approximate surface area is 58.8 Å². The normalized spacial score (nSPS) is 14.6. The van der Waals surface area contributed by atoms with Crippen LogP contribution in [-0.4, -0.2) is 4.98 Å². The SMILES string of the molecule is C=C1C=Cc2cc[nH]c2O1. The van der Waals surface area contributed by atoms with E-state index < -0.39 is 0 Å². The lowest BCUT2D eigenvalue weighted by atomic mass is 10.2. The van der Waals surface area contributed by atoms with Gasteiger partial charge < -0.3 is 9.72 Å². The van der Waals surface area contributed by atoms with E-state index in [4.69, 9.17) is 4.74 Å². The maximum atomic E-state index is 5.23. The Morgan fingerprint density at radius 3 is 3.20 bits per heavy atom. The summed E-state index contributed by atoms with van der Waals surface area (Å²) in [5, 5.41) is 0. The highest BCUT2D eigenvalue weighted by Gasteiger charge is 2.06. The van der Waals surface area contributed by atoms with Gasteiger partial charge in [-0.3, -0.25) is 0 Å². The van der Waals surface area contributed by atoms with Gasteiger partial charge in [-0.2, -0.15) is 0 Å². The third-order valence-electron chi connectivity index (χ3n) is 1.42. The van der Waals surface area contributed by atoms with Gasteiger partial charge in [-0.15, -0.1) is 0 Å². The van der Waals surface area contributed by atoms with Gasteiger partial charge in [0.1, 0.15) is 5.76 Å². The second-order valence-corrected chi connectivity index (χ2v) is 2.16. The Hall–Kier alpha value is -1.44. The molecule has 0 radical (unpaired) electrons. The van der Waals surface area contributed by atoms with Crippen LogP contribution in [0.25, 0.3) is 6.08 Å². The number of hydrogen-bond donors (Lipinski definition) is 1. The average Bonchev–Trinajstić information content (AvgIpc) is 2.33. The molecule has 50 valence electrons. The fourth-order valence-electron chi connectivity index (χ4n) is 0.934. The van der Waals surface area contributed by atoms with Crippen LogP contribution in [-0.2, 0) is 0 Å². The van der Waals surface area contributed by atoms with E-state index in [1.807, 2.05) is 24.4 Å². The summed E-state index contributed by atoms with van der Waals surface area (Å²) < 4.78 is 5.23. The summed E-state index contributed by atoms with van der Waals surface area (Å²) in [7, 11) is 0. The van der Waals surface area contributed by atoms with Crippen molar-refractivity contribution in [2.24, 2.45) is 0 Å². The number of nitrogens with one attached hydrogen (secondary N) is 1. The predicted molar refractivity (Wildman–Crippen MR) is 39.6 cm³/mol. The molecule has 0 unspecified atom stereocenters. The van der Waals surface area contributed by atoms with Crippen molar-refractivity contribution in [1.82, 2.24) is 4.98 Å². The zero-order valence-corrected chi connectivity index (χ0v) is 5.42. The summed E-state index contributed by atoms with van der Waals surface area (Å²) in [6, 6.07) is 1.96. The molecule has 1 aliphatic heterocycles. The van der Waals surface area contributed by atoms with Crippen LogP contribution in [0.1, 0.15) is 5.56 Å². The third kappa shape index (κ3) is 0.658. The Kier molecular flexibility index (Phi) is 0.947. The summed E-state index contributed by atoms with van der Waals surface area (Å²) in [6.07, 6.45) is 5.65. The van der Waals surface area contributed by atoms with Crippen LogP contribution in [0.2, 0.25) is 0 Å². The quantitative estimate of drug-likeness (QED) is 0.574. The van der Waals surface area contributed by atoms with Crippen molar-refractivity contribution in [2.75, 3.05) is 0 Å². The summed E-state index contributed by atoms with van der Waals surface area (Å²) in [5.41, 5.74) is 1.08. The van der Waals surface area contributed by atoms with Crippen LogP contribution in [0, 0.1) is 0 Å². The molecule has 1 N–H and O–H groups in total. The van der Waals surface area contributed by atoms with Crippen LogP contribution in [0.3, 0.4) is 0 Å². The van der Waals surface area contributed by atoms with E-state index in [1.165, 1.54) is 0 Å². The van der Waals surface area contributed by atoms with Crippen LogP contribution in [0.5, 0.6) is 5.88 Å². The van der Waals surface area contributed by atoms with Crippen molar-refractivity contribution < 1.29 is 4.74 Å². The lowest BCUT2D eigenvalue weighted by Gasteiger charge is -2.07. The highest BCUT2D eigenvalue weighted by atomic mass is 16.5. The number of aromatic amines is 1. The van der Waals surface area contributed by atoms with E-state index in [-0.39, 0.29) is 0 Å². The first-order valence-electron chi connectivity index (χ1n) is 3.08. The van der Waals surface area contributed by atoms with E-state index in [9.17, 15) is 0 Å². The Morgan fingerprint density at radius 1 is 1.40 bits per heavy atom. The van der Waals surface area contributed by atoms with Gasteiger partial charge in [0.05, 0.1) is 0 Å². The van der Waals surface area contributed by atoms with Gasteiger partial charge in [0, 0.05) is 11.8 Å². The van der Waals surface area contributed by atoms with Gasteiger partial charge in [-0.05, 0) is 18.2 Å². The minimum absolute atomic E-state index is 0.676. The molecule has 0 saturated carbocycles. The zero-order chi connectivity index (χ0) is 6.97. The minimum atomic E-state index is 0.676. The average molecular weight is 133 g/mol. The van der Waals surface area contributed by atoms with Gasteiger partial charge >= 0.3 is 0 Å². The smallest absolute Gasteiger partial charge is 0.204 e. The van der Waals surface area contributed by atoms with Crippen molar-refractivity contribution in [3.8, 4) is 5.88 Å². The summed E-state index contributed by atoms with van der Waals surface area (Å²) in [6.45, 7) is 3.66. The molecule has 2 heteroatoms. The fraction of sp³-hybridized carbons (Fsp3) is 0. The van der Waals surface area contributed by atoms with Crippen molar-refractivity contribution in [3.63, 3.8) is 0 Å². The monoisotopic (exact) mass is 133 g/mol. The maximum absolute atomic E-state index is 5.23. The van der Waals surface area contributed by atoms with E-state index in [0.29, 0.717) is 5.76 Å². The van der Waals surface area contributed by atoms with E-state index >= 15 is 0 Å². The molecule has 0 aliphatic carbocycles. The highest BCUT2D eigenvalue weighted by molar-refractivity contribution is 5.60. The minimum Gasteiger partial charge on any atom is -0.441 e. The molecule has 0 amide bonds. The molecule has 2 heterocycles. The second-order valence-electron chi connectivity index (χ2n) is 2.16. The molecule has 2 nitrogen and oxygen atoms in total. The molecule has 0 bridgehead atoms. The van der Waals surface area contributed by atoms with Gasteiger partial charge in [0.2, 0.25) is 5.88 Å². The van der Waals surface area contributed by atoms with E-state index in [2.05, 4.69) is 11.6 Å². The van der Waals surface area contributed by atoms with Crippen molar-refractivity contribution in [3.05, 3.63) is 36.2 Å². The first kappa shape index (κ1) is 5.35. The van der Waals surface area contributed by atoms with Crippen molar-refractivity contribution >= 4 is 6.08 Å². The number of rotatable bonds is 0. The molecule has 0 atom stereocenters. The van der Waals surface area contributed by atoms with Crippen molar-refractivity contribution in [1.29, 1.82) is 0 Å². The maximum Gasteiger partial charge on any atom is 0.204 e. The van der Waals surface area contributed by atoms with Gasteiger partial charge in [0.15, 0.2) is 0 Å². The van der Waals surface area contributed by atoms with Crippen LogP contribution >= 0.6 is 0 Å². The van der Waals surface area contributed by atoms with Crippen LogP contribution in [0.15, 0.2) is 30.7 Å². The largest absolute Gasteiger partial charge is 0.441 e. The summed E-state index contributed by atoms with van der Waals surface area (Å²) in [4.78, 5) is 2.95. The van der Waals surface area contributed by atoms with Crippen molar-refractivity contribution in [2.45, 2.75) is 0 Å². The summed E-state index contributed by atoms with van der Waals surface area (Å²) >= 11 is 0. The van der Waals surface area contributed by atoms with E-state index in [1.54, 1.807) is 0 Å². The zero-order valence-electron chi connectivity index (χ0n) is 5.42. The predicted octanol–water partition coefficient (Wildman–Crippen LogP) is 1.93. The molecule has 1 aliphatic rings. The number of allylic oxidation sites excluding steroid dienone is 1. The molecule has 0 saturated heterocycles. The molecule has 0 fully saturated rings. The molecule has 0 aromatic carbocycles. The third-order valence-corrected chi connectivity index (χ3v) is 1.42. The van der Waals surface area contributed by atoms with Crippen LogP contribution < -0.4 is 4.74 Å². The fourth-order valence-corrected chi connectivity index (χ4v) is 0.934. The van der Waals surface area contributed by atoms with Crippen LogP contribution in [0.4, 0.5) is 0 Å². The Bertz CT molecular complexity index is 296. The second kappa shape index (κ2) is 1.77. The molecular formula is C8H7NO. The number of ether oxygens (including phenoxy) is 1.